The molecule has 1 aliphatic heterocycles. The van der Waals surface area contributed by atoms with Gasteiger partial charge in [-0.2, -0.15) is 5.21 Å². The molecule has 9 heteroatoms. The van der Waals surface area contributed by atoms with Crippen LogP contribution in [0.15, 0.2) is 0 Å². The van der Waals surface area contributed by atoms with Crippen molar-refractivity contribution in [3.8, 4) is 0 Å². The van der Waals surface area contributed by atoms with Crippen LogP contribution in [0, 0.1) is 17.8 Å². The van der Waals surface area contributed by atoms with Gasteiger partial charge in [-0.15, -0.1) is 10.2 Å². The summed E-state index contributed by atoms with van der Waals surface area (Å²) >= 11 is 0. The number of carbonyl (C=O) groups is 2. The van der Waals surface area contributed by atoms with Crippen molar-refractivity contribution in [1.29, 1.82) is 0 Å². The maximum atomic E-state index is 12.4. The van der Waals surface area contributed by atoms with Crippen LogP contribution in [0.25, 0.3) is 0 Å². The highest BCUT2D eigenvalue weighted by molar-refractivity contribution is 5.76. The van der Waals surface area contributed by atoms with Crippen molar-refractivity contribution < 1.29 is 19.1 Å². The van der Waals surface area contributed by atoms with Gasteiger partial charge in [-0.1, -0.05) is 18.6 Å². The molecule has 2 heterocycles. The Morgan fingerprint density at radius 1 is 1.14 bits per heavy atom. The molecule has 0 unspecified atom stereocenters. The number of tetrazole rings is 1. The summed E-state index contributed by atoms with van der Waals surface area (Å²) in [6.45, 7) is 3.22. The fourth-order valence-corrected chi connectivity index (χ4v) is 4.34. The van der Waals surface area contributed by atoms with Crippen LogP contribution in [-0.4, -0.2) is 58.4 Å². The molecule has 0 spiro atoms. The second-order valence-corrected chi connectivity index (χ2v) is 7.86. The lowest BCUT2D eigenvalue weighted by molar-refractivity contribution is -0.149. The number of hydrogen-bond acceptors (Lipinski definition) is 8. The van der Waals surface area contributed by atoms with Gasteiger partial charge < -0.3 is 14.8 Å². The van der Waals surface area contributed by atoms with Crippen molar-refractivity contribution >= 4 is 11.9 Å². The molecule has 1 saturated carbocycles. The lowest BCUT2D eigenvalue weighted by Gasteiger charge is -2.42. The van der Waals surface area contributed by atoms with E-state index in [1.165, 1.54) is 12.8 Å². The number of hydrogen-bond donors (Lipinski definition) is 2. The fourth-order valence-electron chi connectivity index (χ4n) is 4.34. The van der Waals surface area contributed by atoms with Crippen molar-refractivity contribution in [1.82, 2.24) is 25.9 Å². The van der Waals surface area contributed by atoms with E-state index in [1.807, 2.05) is 0 Å². The molecule has 3 rings (SSSR count). The number of rotatable bonds is 9. The summed E-state index contributed by atoms with van der Waals surface area (Å²) in [5.74, 6) is 2.24. The van der Waals surface area contributed by atoms with Gasteiger partial charge in [0.15, 0.2) is 5.82 Å². The van der Waals surface area contributed by atoms with Crippen LogP contribution in [-0.2, 0) is 25.5 Å². The van der Waals surface area contributed by atoms with Gasteiger partial charge in [0.25, 0.3) is 0 Å². The van der Waals surface area contributed by atoms with Crippen molar-refractivity contribution in [2.24, 2.45) is 17.8 Å². The first-order valence-electron chi connectivity index (χ1n) is 10.4. The molecular formula is C19H31N5O4. The van der Waals surface area contributed by atoms with Gasteiger partial charge in [0, 0.05) is 19.3 Å². The molecule has 1 aromatic heterocycles. The summed E-state index contributed by atoms with van der Waals surface area (Å²) < 4.78 is 10.4. The summed E-state index contributed by atoms with van der Waals surface area (Å²) in [6.07, 6.45) is 7.25. The van der Waals surface area contributed by atoms with Gasteiger partial charge in [-0.3, -0.25) is 9.59 Å². The summed E-state index contributed by atoms with van der Waals surface area (Å²) in [6, 6.07) is -0.226. The van der Waals surface area contributed by atoms with Gasteiger partial charge in [0.1, 0.15) is 6.04 Å². The molecule has 28 heavy (non-hydrogen) atoms. The number of aryl methyl sites for hydroxylation is 1. The predicted octanol–water partition coefficient (Wildman–Crippen LogP) is 1.41. The minimum atomic E-state index is -0.226. The Morgan fingerprint density at radius 3 is 2.79 bits per heavy atom. The van der Waals surface area contributed by atoms with E-state index in [-0.39, 0.29) is 24.6 Å². The smallest absolute Gasteiger partial charge is 0.323 e. The molecule has 2 aliphatic rings. The van der Waals surface area contributed by atoms with Gasteiger partial charge in [0.05, 0.1) is 13.2 Å². The zero-order chi connectivity index (χ0) is 19.8. The largest absolute Gasteiger partial charge is 0.466 e. The van der Waals surface area contributed by atoms with Crippen molar-refractivity contribution in [2.45, 2.75) is 64.3 Å². The average molecular weight is 393 g/mol. The summed E-state index contributed by atoms with van der Waals surface area (Å²) in [7, 11) is 0. The quantitative estimate of drug-likeness (QED) is 0.477. The highest BCUT2D eigenvalue weighted by atomic mass is 16.5. The standard InChI is InChI=1S/C19H31N5O4/c1-2-18(25)27-8-3-9-28-19(26)16-11-15-10-13(4-6-14(15)12-20-16)5-7-17-21-23-24-22-17/h13-16,20H,2-12H2,1H3,(H,21,22,23,24)/t13-,14+,15-,16+/m1/s1. The molecule has 0 bridgehead atoms. The maximum Gasteiger partial charge on any atom is 0.323 e. The van der Waals surface area contributed by atoms with Crippen molar-refractivity contribution in [3.05, 3.63) is 5.82 Å². The SMILES string of the molecule is CCC(=O)OCCCOC(=O)[C@@H]1C[C@H]2C[C@@H](CCc3nn[nH]n3)CC[C@H]2CN1. The first-order valence-corrected chi connectivity index (χ1v) is 10.4. The van der Waals surface area contributed by atoms with E-state index >= 15 is 0 Å². The fraction of sp³-hybridized carbons (Fsp3) is 0.842. The van der Waals surface area contributed by atoms with Gasteiger partial charge in [-0.05, 0) is 50.0 Å². The van der Waals surface area contributed by atoms with E-state index in [0.717, 1.165) is 38.1 Å². The van der Waals surface area contributed by atoms with Crippen LogP contribution in [0.2, 0.25) is 0 Å². The highest BCUT2D eigenvalue weighted by Crippen LogP contribution is 2.40. The Kier molecular flexibility index (Phi) is 7.76. The second-order valence-electron chi connectivity index (χ2n) is 7.86. The molecule has 2 fully saturated rings. The van der Waals surface area contributed by atoms with E-state index in [2.05, 4.69) is 25.9 Å². The first-order chi connectivity index (χ1) is 13.7. The topological polar surface area (TPSA) is 119 Å². The van der Waals surface area contributed by atoms with Crippen LogP contribution in [0.5, 0.6) is 0 Å². The number of ether oxygens (including phenoxy) is 2. The normalized spacial score (nSPS) is 27.0. The molecule has 1 aliphatic carbocycles. The number of H-pyrrole nitrogens is 1. The van der Waals surface area contributed by atoms with E-state index in [4.69, 9.17) is 9.47 Å². The molecule has 0 aromatic carbocycles. The van der Waals surface area contributed by atoms with Crippen LogP contribution < -0.4 is 5.32 Å². The lowest BCUT2D eigenvalue weighted by atomic mass is 9.69. The van der Waals surface area contributed by atoms with E-state index in [9.17, 15) is 9.59 Å². The Hall–Kier alpha value is -2.03. The third-order valence-corrected chi connectivity index (χ3v) is 5.95. The predicted molar refractivity (Wildman–Crippen MR) is 100 cm³/mol. The number of aromatic nitrogens is 4. The molecular weight excluding hydrogens is 362 g/mol. The lowest BCUT2D eigenvalue weighted by Crippen LogP contribution is -2.50. The van der Waals surface area contributed by atoms with E-state index < -0.39 is 0 Å². The Balaban J connectivity index is 1.36. The molecule has 1 aromatic rings. The Morgan fingerprint density at radius 2 is 2.00 bits per heavy atom. The molecule has 0 amide bonds. The number of carbonyl (C=O) groups excluding carboxylic acids is 2. The minimum absolute atomic E-state index is 0.186. The number of aromatic amines is 1. The van der Waals surface area contributed by atoms with Gasteiger partial charge in [-0.25, -0.2) is 0 Å². The van der Waals surface area contributed by atoms with E-state index in [0.29, 0.717) is 37.2 Å². The molecule has 156 valence electrons. The molecule has 9 nitrogen and oxygen atoms in total. The summed E-state index contributed by atoms with van der Waals surface area (Å²) in [5, 5.41) is 17.5. The summed E-state index contributed by atoms with van der Waals surface area (Å²) in [4.78, 5) is 23.4. The Labute approximate surface area is 165 Å². The Bertz CT molecular complexity index is 624. The van der Waals surface area contributed by atoms with Gasteiger partial charge >= 0.3 is 11.9 Å². The van der Waals surface area contributed by atoms with Crippen molar-refractivity contribution in [3.63, 3.8) is 0 Å². The minimum Gasteiger partial charge on any atom is -0.466 e. The molecule has 0 radical (unpaired) electrons. The monoisotopic (exact) mass is 393 g/mol. The zero-order valence-corrected chi connectivity index (χ0v) is 16.6. The third kappa shape index (κ3) is 5.98. The molecule has 1 saturated heterocycles. The molecule has 2 N–H and O–H groups in total. The number of nitrogens with one attached hydrogen (secondary N) is 2. The second kappa shape index (κ2) is 10.5. The average Bonchev–Trinajstić information content (AvgIpc) is 3.24. The van der Waals surface area contributed by atoms with Gasteiger partial charge in [0.2, 0.25) is 0 Å². The summed E-state index contributed by atoms with van der Waals surface area (Å²) in [5.41, 5.74) is 0. The number of nitrogens with zero attached hydrogens (tertiary/aromatic N) is 3. The third-order valence-electron chi connectivity index (χ3n) is 5.95. The highest BCUT2D eigenvalue weighted by Gasteiger charge is 2.38. The maximum absolute atomic E-state index is 12.4. The zero-order valence-electron chi connectivity index (χ0n) is 16.6. The molecule has 4 atom stereocenters. The number of piperidine rings is 1. The first kappa shape index (κ1) is 20.7. The van der Waals surface area contributed by atoms with Crippen LogP contribution >= 0.6 is 0 Å². The number of esters is 2. The van der Waals surface area contributed by atoms with Crippen molar-refractivity contribution in [2.75, 3.05) is 19.8 Å². The van der Waals surface area contributed by atoms with Crippen LogP contribution in [0.3, 0.4) is 0 Å². The number of fused-ring (bicyclic) bond motifs is 1. The van der Waals surface area contributed by atoms with Crippen LogP contribution in [0.4, 0.5) is 0 Å². The van der Waals surface area contributed by atoms with Crippen LogP contribution in [0.1, 0.15) is 57.7 Å². The van der Waals surface area contributed by atoms with E-state index in [1.54, 1.807) is 6.92 Å².